The van der Waals surface area contributed by atoms with E-state index in [0.29, 0.717) is 0 Å². The Morgan fingerprint density at radius 2 is 1.38 bits per heavy atom. The van der Waals surface area contributed by atoms with Crippen LogP contribution >= 0.6 is 0 Å². The average molecular weight is 302 g/mol. The number of aromatic hydroxyl groups is 2. The van der Waals surface area contributed by atoms with Crippen molar-refractivity contribution in [2.24, 2.45) is 0 Å². The third kappa shape index (κ3) is 4.20. The highest BCUT2D eigenvalue weighted by molar-refractivity contribution is 5.34. The average Bonchev–Trinajstić information content (AvgIpc) is 2.46. The minimum atomic E-state index is -1.29. The number of halogens is 3. The predicted molar refractivity (Wildman–Crippen MR) is 69.2 cm³/mol. The predicted octanol–water partition coefficient (Wildman–Crippen LogP) is 3.22. The van der Waals surface area contributed by atoms with Crippen molar-refractivity contribution in [1.82, 2.24) is 0 Å². The number of methoxy groups -OCH3 is 2. The second-order valence-electron chi connectivity index (χ2n) is 3.73. The zero-order valence-corrected chi connectivity index (χ0v) is 11.2. The molecule has 0 saturated heterocycles. The molecule has 0 amide bonds. The van der Waals surface area contributed by atoms with E-state index in [1.54, 1.807) is 0 Å². The van der Waals surface area contributed by atoms with Crippen LogP contribution in [0.1, 0.15) is 0 Å². The molecule has 2 aromatic carbocycles. The minimum absolute atomic E-state index is 0.0988. The van der Waals surface area contributed by atoms with Crippen LogP contribution in [0.3, 0.4) is 0 Å². The number of hydrogen-bond acceptors (Lipinski definition) is 4. The Morgan fingerprint density at radius 1 is 0.810 bits per heavy atom. The molecule has 0 bridgehead atoms. The molecule has 0 aliphatic heterocycles. The van der Waals surface area contributed by atoms with Gasteiger partial charge in [-0.15, -0.1) is 0 Å². The highest BCUT2D eigenvalue weighted by Gasteiger charge is 2.12. The number of benzene rings is 2. The molecule has 0 saturated carbocycles. The maximum atomic E-state index is 12.6. The SMILES string of the molecule is COc1ccc(O)c(F)c1F.COc1ccc(O)cc1F. The molecule has 0 aliphatic rings. The fraction of sp³-hybridized carbons (Fsp3) is 0.143. The molecule has 0 unspecified atom stereocenters. The Morgan fingerprint density at radius 3 is 1.90 bits per heavy atom. The molecule has 21 heavy (non-hydrogen) atoms. The third-order valence-electron chi connectivity index (χ3n) is 2.38. The summed E-state index contributed by atoms with van der Waals surface area (Å²) < 4.78 is 46.7. The third-order valence-corrected chi connectivity index (χ3v) is 2.38. The molecule has 7 heteroatoms. The lowest BCUT2D eigenvalue weighted by molar-refractivity contribution is 0.355. The van der Waals surface area contributed by atoms with Crippen LogP contribution in [0.2, 0.25) is 0 Å². The van der Waals surface area contributed by atoms with Crippen LogP contribution in [0.5, 0.6) is 23.0 Å². The Balaban J connectivity index is 0.000000211. The first-order chi connectivity index (χ1) is 9.90. The topological polar surface area (TPSA) is 58.9 Å². The lowest BCUT2D eigenvalue weighted by Crippen LogP contribution is -1.91. The van der Waals surface area contributed by atoms with Gasteiger partial charge in [-0.3, -0.25) is 0 Å². The van der Waals surface area contributed by atoms with Crippen molar-refractivity contribution >= 4 is 0 Å². The van der Waals surface area contributed by atoms with Crippen molar-refractivity contribution in [2.75, 3.05) is 14.2 Å². The quantitative estimate of drug-likeness (QED) is 0.894. The largest absolute Gasteiger partial charge is 0.508 e. The summed E-state index contributed by atoms with van der Waals surface area (Å²) in [6, 6.07) is 5.90. The molecule has 2 N–H and O–H groups in total. The van der Waals surface area contributed by atoms with Gasteiger partial charge in [0, 0.05) is 6.07 Å². The van der Waals surface area contributed by atoms with E-state index in [1.165, 1.54) is 26.4 Å². The van der Waals surface area contributed by atoms with Crippen molar-refractivity contribution in [1.29, 1.82) is 0 Å². The number of rotatable bonds is 2. The molecule has 0 aliphatic carbocycles. The molecule has 0 radical (unpaired) electrons. The van der Waals surface area contributed by atoms with Gasteiger partial charge in [0.05, 0.1) is 14.2 Å². The normalized spacial score (nSPS) is 9.57. The Hall–Kier alpha value is -2.57. The fourth-order valence-corrected chi connectivity index (χ4v) is 1.33. The van der Waals surface area contributed by atoms with Crippen molar-refractivity contribution in [2.45, 2.75) is 0 Å². The lowest BCUT2D eigenvalue weighted by Gasteiger charge is -2.02. The van der Waals surface area contributed by atoms with E-state index in [0.717, 1.165) is 18.2 Å². The Labute approximate surface area is 119 Å². The highest BCUT2D eigenvalue weighted by atomic mass is 19.2. The molecule has 0 aromatic heterocycles. The van der Waals surface area contributed by atoms with Gasteiger partial charge in [-0.1, -0.05) is 0 Å². The molecule has 114 valence electrons. The van der Waals surface area contributed by atoms with Gasteiger partial charge < -0.3 is 19.7 Å². The Bertz CT molecular complexity index is 617. The second-order valence-corrected chi connectivity index (χ2v) is 3.73. The monoisotopic (exact) mass is 302 g/mol. The van der Waals surface area contributed by atoms with E-state index in [9.17, 15) is 13.2 Å². The van der Waals surface area contributed by atoms with Gasteiger partial charge in [-0.2, -0.15) is 8.78 Å². The van der Waals surface area contributed by atoms with E-state index in [4.69, 9.17) is 10.2 Å². The zero-order chi connectivity index (χ0) is 16.0. The van der Waals surface area contributed by atoms with Crippen LogP contribution in [0.4, 0.5) is 13.2 Å². The molecule has 0 atom stereocenters. The van der Waals surface area contributed by atoms with Crippen molar-refractivity contribution in [3.63, 3.8) is 0 Å². The summed E-state index contributed by atoms with van der Waals surface area (Å²) in [5.41, 5.74) is 0. The molecule has 0 fully saturated rings. The second kappa shape index (κ2) is 7.28. The summed E-state index contributed by atoms with van der Waals surface area (Å²) in [4.78, 5) is 0. The van der Waals surface area contributed by atoms with Gasteiger partial charge in [0.25, 0.3) is 0 Å². The van der Waals surface area contributed by atoms with Crippen LogP contribution in [0, 0.1) is 17.5 Å². The van der Waals surface area contributed by atoms with Gasteiger partial charge in [0.1, 0.15) is 5.75 Å². The highest BCUT2D eigenvalue weighted by Crippen LogP contribution is 2.25. The summed E-state index contributed by atoms with van der Waals surface area (Å²) in [5.74, 6) is -3.92. The van der Waals surface area contributed by atoms with Gasteiger partial charge in [0.15, 0.2) is 23.1 Å². The smallest absolute Gasteiger partial charge is 0.204 e. The van der Waals surface area contributed by atoms with E-state index in [2.05, 4.69) is 9.47 Å². The summed E-state index contributed by atoms with van der Waals surface area (Å²) in [7, 11) is 2.59. The van der Waals surface area contributed by atoms with E-state index in [-0.39, 0.29) is 17.2 Å². The lowest BCUT2D eigenvalue weighted by atomic mass is 10.3. The zero-order valence-electron chi connectivity index (χ0n) is 11.2. The minimum Gasteiger partial charge on any atom is -0.508 e. The number of ether oxygens (including phenoxy) is 2. The van der Waals surface area contributed by atoms with Crippen LogP contribution in [0.15, 0.2) is 30.3 Å². The van der Waals surface area contributed by atoms with Crippen LogP contribution in [-0.4, -0.2) is 24.4 Å². The standard InChI is InChI=1S/C7H6F2O2.C7H7FO2/c1-11-5-3-2-4(10)6(8)7(5)9;1-10-7-3-2-5(9)4-6(7)8/h2-3,10H,1H3;2-4,9H,1H3. The Kier molecular flexibility index (Phi) is 5.71. The van der Waals surface area contributed by atoms with Gasteiger partial charge >= 0.3 is 0 Å². The van der Waals surface area contributed by atoms with Crippen molar-refractivity contribution < 1.29 is 32.9 Å². The fourth-order valence-electron chi connectivity index (χ4n) is 1.33. The van der Waals surface area contributed by atoms with Crippen molar-refractivity contribution in [3.8, 4) is 23.0 Å². The van der Waals surface area contributed by atoms with E-state index in [1.807, 2.05) is 0 Å². The molecular weight excluding hydrogens is 289 g/mol. The first-order valence-corrected chi connectivity index (χ1v) is 5.64. The molecule has 4 nitrogen and oxygen atoms in total. The van der Waals surface area contributed by atoms with Crippen molar-refractivity contribution in [3.05, 3.63) is 47.8 Å². The number of phenols is 2. The van der Waals surface area contributed by atoms with E-state index < -0.39 is 23.2 Å². The summed E-state index contributed by atoms with van der Waals surface area (Å²) >= 11 is 0. The summed E-state index contributed by atoms with van der Waals surface area (Å²) in [6.07, 6.45) is 0. The van der Waals surface area contributed by atoms with Crippen LogP contribution in [-0.2, 0) is 0 Å². The van der Waals surface area contributed by atoms with Gasteiger partial charge in [0.2, 0.25) is 11.6 Å². The van der Waals surface area contributed by atoms with Crippen LogP contribution in [0.25, 0.3) is 0 Å². The number of hydrogen-bond donors (Lipinski definition) is 2. The number of phenolic OH excluding ortho intramolecular Hbond substituents is 2. The first kappa shape index (κ1) is 16.5. The first-order valence-electron chi connectivity index (χ1n) is 5.64. The summed E-state index contributed by atoms with van der Waals surface area (Å²) in [6.45, 7) is 0. The van der Waals surface area contributed by atoms with Gasteiger partial charge in [-0.05, 0) is 24.3 Å². The van der Waals surface area contributed by atoms with Crippen LogP contribution < -0.4 is 9.47 Å². The summed E-state index contributed by atoms with van der Waals surface area (Å²) in [5, 5.41) is 17.4. The molecular formula is C14H13F3O4. The molecule has 2 aromatic rings. The molecule has 0 heterocycles. The molecule has 0 spiro atoms. The maximum absolute atomic E-state index is 12.6. The van der Waals surface area contributed by atoms with Gasteiger partial charge in [-0.25, -0.2) is 4.39 Å². The van der Waals surface area contributed by atoms with E-state index >= 15 is 0 Å². The maximum Gasteiger partial charge on any atom is 0.204 e. The molecule has 2 rings (SSSR count).